The van der Waals surface area contributed by atoms with Gasteiger partial charge in [-0.3, -0.25) is 10.2 Å². The number of fused-ring (bicyclic) bond motifs is 1. The summed E-state index contributed by atoms with van der Waals surface area (Å²) in [7, 11) is 1.53. The maximum absolute atomic E-state index is 11.7. The molecule has 20 heavy (non-hydrogen) atoms. The van der Waals surface area contributed by atoms with Gasteiger partial charge >= 0.3 is 0 Å². The first-order valence-electron chi connectivity index (χ1n) is 6.04. The summed E-state index contributed by atoms with van der Waals surface area (Å²) in [6.07, 6.45) is 0. The fourth-order valence-electron chi connectivity index (χ4n) is 1.92. The van der Waals surface area contributed by atoms with E-state index < -0.39 is 5.25 Å². The Kier molecular flexibility index (Phi) is 4.84. The number of rotatable bonds is 5. The van der Waals surface area contributed by atoms with Crippen molar-refractivity contribution in [2.75, 3.05) is 13.7 Å². The lowest BCUT2D eigenvalue weighted by molar-refractivity contribution is -0.121. The molecule has 0 radical (unpaired) electrons. The van der Waals surface area contributed by atoms with Crippen LogP contribution in [0.1, 0.15) is 0 Å². The number of carbonyl (C=O) groups excluding carboxylic acids is 1. The second kappa shape index (κ2) is 6.60. The number of phenolic OH excluding ortho intramolecular Hbond substituents is 1. The summed E-state index contributed by atoms with van der Waals surface area (Å²) in [5.74, 6) is 5.11. The molecule has 2 rings (SSSR count). The molecule has 1 atom stereocenters. The van der Waals surface area contributed by atoms with Gasteiger partial charge in [-0.1, -0.05) is 24.3 Å². The molecule has 2 aromatic carbocycles. The van der Waals surface area contributed by atoms with Crippen molar-refractivity contribution >= 4 is 28.4 Å². The molecule has 0 aliphatic carbocycles. The minimum atomic E-state index is -0.446. The smallest absolute Gasteiger partial charge is 0.249 e. The number of benzene rings is 2. The molecule has 0 bridgehead atoms. The number of nitrogens with one attached hydrogen (secondary N) is 1. The largest absolute Gasteiger partial charge is 0.507 e. The summed E-state index contributed by atoms with van der Waals surface area (Å²) in [6.45, 7) is 0.253. The molecule has 106 valence electrons. The van der Waals surface area contributed by atoms with Gasteiger partial charge < -0.3 is 9.84 Å². The molecule has 0 heterocycles. The molecule has 1 unspecified atom stereocenters. The first-order valence-corrected chi connectivity index (χ1v) is 6.92. The highest BCUT2D eigenvalue weighted by Gasteiger charge is 2.20. The van der Waals surface area contributed by atoms with Crippen molar-refractivity contribution in [1.29, 1.82) is 0 Å². The van der Waals surface area contributed by atoms with Crippen LogP contribution < -0.4 is 11.3 Å². The fraction of sp³-hybridized carbons (Fsp3) is 0.214. The van der Waals surface area contributed by atoms with Crippen LogP contribution in [0.3, 0.4) is 0 Å². The van der Waals surface area contributed by atoms with E-state index in [1.54, 1.807) is 12.1 Å². The van der Waals surface area contributed by atoms with Gasteiger partial charge in [0.1, 0.15) is 11.0 Å². The minimum Gasteiger partial charge on any atom is -0.507 e. The van der Waals surface area contributed by atoms with Crippen LogP contribution in [0.15, 0.2) is 41.3 Å². The van der Waals surface area contributed by atoms with E-state index in [1.807, 2.05) is 24.3 Å². The zero-order valence-corrected chi connectivity index (χ0v) is 11.8. The summed E-state index contributed by atoms with van der Waals surface area (Å²) < 4.78 is 5.05. The van der Waals surface area contributed by atoms with Crippen LogP contribution >= 0.6 is 11.8 Å². The molecule has 0 aliphatic heterocycles. The van der Waals surface area contributed by atoms with Crippen LogP contribution in [-0.2, 0) is 9.53 Å². The normalized spacial score (nSPS) is 12.3. The molecular formula is C14H16N2O3S. The van der Waals surface area contributed by atoms with Crippen molar-refractivity contribution in [3.63, 3.8) is 0 Å². The molecule has 5 nitrogen and oxygen atoms in total. The van der Waals surface area contributed by atoms with E-state index in [-0.39, 0.29) is 18.3 Å². The van der Waals surface area contributed by atoms with Crippen molar-refractivity contribution in [1.82, 2.24) is 5.43 Å². The van der Waals surface area contributed by atoms with Crippen molar-refractivity contribution in [3.05, 3.63) is 36.4 Å². The number of aromatic hydroxyl groups is 1. The Bertz CT molecular complexity index is 618. The molecule has 0 aliphatic rings. The van der Waals surface area contributed by atoms with Crippen LogP contribution in [-0.4, -0.2) is 30.0 Å². The zero-order valence-electron chi connectivity index (χ0n) is 11.0. The Morgan fingerprint density at radius 2 is 2.05 bits per heavy atom. The Morgan fingerprint density at radius 3 is 2.70 bits per heavy atom. The third kappa shape index (κ3) is 3.04. The second-order valence-corrected chi connectivity index (χ2v) is 5.44. The molecule has 0 fully saturated rings. The van der Waals surface area contributed by atoms with E-state index in [4.69, 9.17) is 10.6 Å². The molecule has 0 spiro atoms. The van der Waals surface area contributed by atoms with Gasteiger partial charge in [0.05, 0.1) is 6.61 Å². The number of methoxy groups -OCH3 is 1. The minimum absolute atomic E-state index is 0.219. The summed E-state index contributed by atoms with van der Waals surface area (Å²) in [5.41, 5.74) is 2.14. The lowest BCUT2D eigenvalue weighted by atomic mass is 10.1. The van der Waals surface area contributed by atoms with Crippen LogP contribution in [0.25, 0.3) is 10.8 Å². The number of thioether (sulfide) groups is 1. The van der Waals surface area contributed by atoms with Crippen LogP contribution in [0.4, 0.5) is 0 Å². The number of nitrogens with two attached hydrogens (primary N) is 1. The molecular weight excluding hydrogens is 276 g/mol. The van der Waals surface area contributed by atoms with E-state index in [9.17, 15) is 9.90 Å². The van der Waals surface area contributed by atoms with Gasteiger partial charge in [0, 0.05) is 17.4 Å². The number of amides is 1. The zero-order chi connectivity index (χ0) is 14.5. The summed E-state index contributed by atoms with van der Waals surface area (Å²) in [6, 6.07) is 10.9. The summed E-state index contributed by atoms with van der Waals surface area (Å²) in [4.78, 5) is 12.6. The monoisotopic (exact) mass is 292 g/mol. The fourth-order valence-corrected chi connectivity index (χ4v) is 3.06. The molecule has 0 aromatic heterocycles. The SMILES string of the molecule is COCC(Sc1ccc(O)c2ccccc12)C(=O)NN. The molecule has 0 saturated heterocycles. The van der Waals surface area contributed by atoms with Crippen molar-refractivity contribution < 1.29 is 14.6 Å². The van der Waals surface area contributed by atoms with Crippen molar-refractivity contribution in [2.24, 2.45) is 5.84 Å². The number of hydrogen-bond acceptors (Lipinski definition) is 5. The molecule has 4 N–H and O–H groups in total. The Labute approximate surface area is 121 Å². The predicted molar refractivity (Wildman–Crippen MR) is 79.5 cm³/mol. The van der Waals surface area contributed by atoms with E-state index in [0.717, 1.165) is 15.7 Å². The third-order valence-corrected chi connectivity index (χ3v) is 4.13. The average molecular weight is 292 g/mol. The van der Waals surface area contributed by atoms with Gasteiger partial charge in [0.25, 0.3) is 0 Å². The van der Waals surface area contributed by atoms with Gasteiger partial charge in [-0.25, -0.2) is 5.84 Å². The van der Waals surface area contributed by atoms with Crippen LogP contribution in [0, 0.1) is 0 Å². The Morgan fingerprint density at radius 1 is 1.35 bits per heavy atom. The molecule has 1 amide bonds. The van der Waals surface area contributed by atoms with Crippen molar-refractivity contribution in [2.45, 2.75) is 10.1 Å². The first-order chi connectivity index (χ1) is 9.67. The molecule has 0 saturated carbocycles. The maximum Gasteiger partial charge on any atom is 0.249 e. The highest BCUT2D eigenvalue weighted by atomic mass is 32.2. The Hall–Kier alpha value is -1.76. The van der Waals surface area contributed by atoms with E-state index >= 15 is 0 Å². The van der Waals surface area contributed by atoms with Crippen molar-refractivity contribution in [3.8, 4) is 5.75 Å². The van der Waals surface area contributed by atoms with Crippen LogP contribution in [0.5, 0.6) is 5.75 Å². The third-order valence-electron chi connectivity index (χ3n) is 2.88. The van der Waals surface area contributed by atoms with E-state index in [0.29, 0.717) is 0 Å². The average Bonchev–Trinajstić information content (AvgIpc) is 2.49. The number of ether oxygens (including phenoxy) is 1. The second-order valence-electron chi connectivity index (χ2n) is 4.20. The molecule has 6 heteroatoms. The van der Waals surface area contributed by atoms with Gasteiger partial charge in [-0.15, -0.1) is 11.8 Å². The summed E-state index contributed by atoms with van der Waals surface area (Å²) in [5, 5.41) is 11.1. The number of hydrazine groups is 1. The Balaban J connectivity index is 2.37. The highest BCUT2D eigenvalue weighted by molar-refractivity contribution is 8.00. The standard InChI is InChI=1S/C14H16N2O3S/c1-19-8-13(14(18)16-15)20-12-7-6-11(17)9-4-2-3-5-10(9)12/h2-7,13,17H,8,15H2,1H3,(H,16,18). The van der Waals surface area contributed by atoms with Crippen LogP contribution in [0.2, 0.25) is 0 Å². The number of hydrogen-bond donors (Lipinski definition) is 3. The van der Waals surface area contributed by atoms with E-state index in [2.05, 4.69) is 5.43 Å². The van der Waals surface area contributed by atoms with Gasteiger partial charge in [-0.2, -0.15) is 0 Å². The topological polar surface area (TPSA) is 84.6 Å². The quantitative estimate of drug-likeness (QED) is 0.338. The van der Waals surface area contributed by atoms with Gasteiger partial charge in [0.15, 0.2) is 0 Å². The van der Waals surface area contributed by atoms with Gasteiger partial charge in [-0.05, 0) is 17.5 Å². The van der Waals surface area contributed by atoms with E-state index in [1.165, 1.54) is 18.9 Å². The lowest BCUT2D eigenvalue weighted by Gasteiger charge is -2.15. The predicted octanol–water partition coefficient (Wildman–Crippen LogP) is 1.64. The number of phenols is 1. The van der Waals surface area contributed by atoms with Gasteiger partial charge in [0.2, 0.25) is 5.91 Å². The molecule has 2 aromatic rings. The highest BCUT2D eigenvalue weighted by Crippen LogP contribution is 2.35. The summed E-state index contributed by atoms with van der Waals surface area (Å²) >= 11 is 1.36. The number of carbonyl (C=O) groups is 1. The first kappa shape index (κ1) is 14.6. The lowest BCUT2D eigenvalue weighted by Crippen LogP contribution is -2.39. The maximum atomic E-state index is 11.7.